The molecular weight excluding hydrogens is 296 g/mol. The third-order valence-electron chi connectivity index (χ3n) is 4.39. The Balaban J connectivity index is 1.74. The summed E-state index contributed by atoms with van der Waals surface area (Å²) >= 11 is 0. The quantitative estimate of drug-likeness (QED) is 0.721. The minimum absolute atomic E-state index is 0.0372. The average Bonchev–Trinajstić information content (AvgIpc) is 2.88. The molecule has 1 aromatic heterocycles. The molecule has 0 radical (unpaired) electrons. The van der Waals surface area contributed by atoms with Gasteiger partial charge in [0.15, 0.2) is 0 Å². The van der Waals surface area contributed by atoms with E-state index in [9.17, 15) is 4.79 Å². The molecule has 2 aromatic carbocycles. The molecule has 0 atom stereocenters. The lowest BCUT2D eigenvalue weighted by Crippen LogP contribution is -2.23. The number of carbonyl (C=O) groups excluding carboxylic acids is 1. The van der Waals surface area contributed by atoms with Crippen molar-refractivity contribution >= 4 is 16.8 Å². The SMILES string of the molecule is Cc1[nH]c2ccccc2c1C(=O)NCc1ccc(C(C)(C)C)cc1. The van der Waals surface area contributed by atoms with Gasteiger partial charge in [0.25, 0.3) is 5.91 Å². The molecule has 124 valence electrons. The molecule has 0 fully saturated rings. The lowest BCUT2D eigenvalue weighted by Gasteiger charge is -2.19. The van der Waals surface area contributed by atoms with E-state index in [1.165, 1.54) is 5.56 Å². The molecule has 0 aliphatic heterocycles. The van der Waals surface area contributed by atoms with E-state index in [4.69, 9.17) is 0 Å². The van der Waals surface area contributed by atoms with E-state index in [1.54, 1.807) is 0 Å². The van der Waals surface area contributed by atoms with E-state index in [-0.39, 0.29) is 11.3 Å². The Morgan fingerprint density at radius 2 is 1.71 bits per heavy atom. The smallest absolute Gasteiger partial charge is 0.253 e. The molecule has 0 saturated heterocycles. The van der Waals surface area contributed by atoms with Crippen LogP contribution in [0.1, 0.15) is 48.0 Å². The van der Waals surface area contributed by atoms with Crippen LogP contribution in [0.15, 0.2) is 48.5 Å². The molecule has 0 aliphatic rings. The normalized spacial score (nSPS) is 11.7. The molecule has 2 N–H and O–H groups in total. The molecule has 0 aliphatic carbocycles. The van der Waals surface area contributed by atoms with Gasteiger partial charge >= 0.3 is 0 Å². The topological polar surface area (TPSA) is 44.9 Å². The first kappa shape index (κ1) is 16.3. The van der Waals surface area contributed by atoms with Crippen molar-refractivity contribution in [2.24, 2.45) is 0 Å². The monoisotopic (exact) mass is 320 g/mol. The lowest BCUT2D eigenvalue weighted by molar-refractivity contribution is 0.0952. The van der Waals surface area contributed by atoms with Crippen molar-refractivity contribution in [2.45, 2.75) is 39.7 Å². The van der Waals surface area contributed by atoms with Gasteiger partial charge in [-0.25, -0.2) is 0 Å². The van der Waals surface area contributed by atoms with Crippen LogP contribution in [0.2, 0.25) is 0 Å². The highest BCUT2D eigenvalue weighted by atomic mass is 16.1. The van der Waals surface area contributed by atoms with Crippen LogP contribution in [-0.4, -0.2) is 10.9 Å². The summed E-state index contributed by atoms with van der Waals surface area (Å²) in [5.41, 5.74) is 5.17. The first-order valence-electron chi connectivity index (χ1n) is 8.31. The molecule has 3 aromatic rings. The third-order valence-corrected chi connectivity index (χ3v) is 4.39. The van der Waals surface area contributed by atoms with E-state index < -0.39 is 0 Å². The summed E-state index contributed by atoms with van der Waals surface area (Å²) < 4.78 is 0. The van der Waals surface area contributed by atoms with Crippen molar-refractivity contribution in [3.8, 4) is 0 Å². The second kappa shape index (κ2) is 6.16. The number of rotatable bonds is 3. The zero-order valence-corrected chi connectivity index (χ0v) is 14.7. The van der Waals surface area contributed by atoms with E-state index in [0.717, 1.165) is 27.7 Å². The van der Waals surface area contributed by atoms with E-state index in [0.29, 0.717) is 6.54 Å². The Kier molecular flexibility index (Phi) is 4.18. The number of para-hydroxylation sites is 1. The van der Waals surface area contributed by atoms with Gasteiger partial charge in [0.1, 0.15) is 0 Å². The van der Waals surface area contributed by atoms with Crippen molar-refractivity contribution in [3.63, 3.8) is 0 Å². The van der Waals surface area contributed by atoms with Crippen LogP contribution in [0.3, 0.4) is 0 Å². The largest absolute Gasteiger partial charge is 0.358 e. The molecule has 3 heteroatoms. The van der Waals surface area contributed by atoms with Crippen molar-refractivity contribution in [1.29, 1.82) is 0 Å². The van der Waals surface area contributed by atoms with Gasteiger partial charge in [-0.1, -0.05) is 63.2 Å². The molecule has 24 heavy (non-hydrogen) atoms. The number of nitrogens with one attached hydrogen (secondary N) is 2. The van der Waals surface area contributed by atoms with Gasteiger partial charge in [-0.2, -0.15) is 0 Å². The van der Waals surface area contributed by atoms with Crippen LogP contribution in [-0.2, 0) is 12.0 Å². The maximum Gasteiger partial charge on any atom is 0.253 e. The van der Waals surface area contributed by atoms with Crippen LogP contribution in [0.5, 0.6) is 0 Å². The van der Waals surface area contributed by atoms with E-state index in [2.05, 4.69) is 55.3 Å². The lowest BCUT2D eigenvalue weighted by atomic mass is 9.87. The Labute approximate surface area is 143 Å². The molecule has 0 spiro atoms. The summed E-state index contributed by atoms with van der Waals surface area (Å²) in [5, 5.41) is 4.00. The van der Waals surface area contributed by atoms with Crippen LogP contribution in [0, 0.1) is 6.92 Å². The van der Waals surface area contributed by atoms with Crippen molar-refractivity contribution in [1.82, 2.24) is 10.3 Å². The fourth-order valence-electron chi connectivity index (χ4n) is 2.96. The Morgan fingerprint density at radius 1 is 1.04 bits per heavy atom. The van der Waals surface area contributed by atoms with Gasteiger partial charge < -0.3 is 10.3 Å². The second-order valence-corrected chi connectivity index (χ2v) is 7.30. The number of amides is 1. The van der Waals surface area contributed by atoms with Crippen molar-refractivity contribution in [2.75, 3.05) is 0 Å². The maximum absolute atomic E-state index is 12.6. The number of hydrogen-bond donors (Lipinski definition) is 2. The summed E-state index contributed by atoms with van der Waals surface area (Å²) in [6.45, 7) is 9.06. The molecule has 1 amide bonds. The summed E-state index contributed by atoms with van der Waals surface area (Å²) in [4.78, 5) is 15.9. The predicted octanol–water partition coefficient (Wildman–Crippen LogP) is 4.70. The van der Waals surface area contributed by atoms with Crippen molar-refractivity contribution in [3.05, 3.63) is 70.9 Å². The zero-order valence-electron chi connectivity index (χ0n) is 14.7. The summed E-state index contributed by atoms with van der Waals surface area (Å²) in [5.74, 6) is -0.0372. The predicted molar refractivity (Wildman–Crippen MR) is 99.3 cm³/mol. The standard InChI is InChI=1S/C21H24N2O/c1-14-19(17-7-5-6-8-18(17)23-14)20(24)22-13-15-9-11-16(12-10-15)21(2,3)4/h5-12,23H,13H2,1-4H3,(H,22,24). The first-order chi connectivity index (χ1) is 11.4. The Bertz CT molecular complexity index is 867. The number of benzene rings is 2. The molecule has 0 saturated carbocycles. The molecule has 3 nitrogen and oxygen atoms in total. The number of hydrogen-bond acceptors (Lipinski definition) is 1. The fraction of sp³-hybridized carbons (Fsp3) is 0.286. The number of aryl methyl sites for hydroxylation is 1. The van der Waals surface area contributed by atoms with Gasteiger partial charge in [-0.3, -0.25) is 4.79 Å². The third kappa shape index (κ3) is 3.21. The highest BCUT2D eigenvalue weighted by Crippen LogP contribution is 2.23. The van der Waals surface area contributed by atoms with Gasteiger partial charge in [0, 0.05) is 23.1 Å². The number of aromatic amines is 1. The van der Waals surface area contributed by atoms with Crippen LogP contribution >= 0.6 is 0 Å². The van der Waals surface area contributed by atoms with Crippen LogP contribution in [0.4, 0.5) is 0 Å². The van der Waals surface area contributed by atoms with Gasteiger partial charge in [0.2, 0.25) is 0 Å². The molecule has 0 unspecified atom stereocenters. The Morgan fingerprint density at radius 3 is 2.38 bits per heavy atom. The van der Waals surface area contributed by atoms with Gasteiger partial charge in [-0.15, -0.1) is 0 Å². The molecule has 0 bridgehead atoms. The molecular formula is C21H24N2O. The van der Waals surface area contributed by atoms with Crippen molar-refractivity contribution < 1.29 is 4.79 Å². The fourth-order valence-corrected chi connectivity index (χ4v) is 2.96. The van der Waals surface area contributed by atoms with E-state index >= 15 is 0 Å². The molecule has 3 rings (SSSR count). The molecule has 1 heterocycles. The number of H-pyrrole nitrogens is 1. The second-order valence-electron chi connectivity index (χ2n) is 7.30. The zero-order chi connectivity index (χ0) is 17.3. The van der Waals surface area contributed by atoms with E-state index in [1.807, 2.05) is 31.2 Å². The Hall–Kier alpha value is -2.55. The summed E-state index contributed by atoms with van der Waals surface area (Å²) in [7, 11) is 0. The minimum atomic E-state index is -0.0372. The van der Waals surface area contributed by atoms with Crippen LogP contribution in [0.25, 0.3) is 10.9 Å². The summed E-state index contributed by atoms with van der Waals surface area (Å²) in [6.07, 6.45) is 0. The highest BCUT2D eigenvalue weighted by molar-refractivity contribution is 6.08. The summed E-state index contributed by atoms with van der Waals surface area (Å²) in [6, 6.07) is 16.3. The van der Waals surface area contributed by atoms with Gasteiger partial charge in [-0.05, 0) is 29.5 Å². The van der Waals surface area contributed by atoms with Crippen LogP contribution < -0.4 is 5.32 Å². The average molecular weight is 320 g/mol. The minimum Gasteiger partial charge on any atom is -0.358 e. The number of aromatic nitrogens is 1. The first-order valence-corrected chi connectivity index (χ1v) is 8.31. The number of carbonyl (C=O) groups is 1. The maximum atomic E-state index is 12.6. The number of fused-ring (bicyclic) bond motifs is 1. The van der Waals surface area contributed by atoms with Gasteiger partial charge in [0.05, 0.1) is 5.56 Å². The highest BCUT2D eigenvalue weighted by Gasteiger charge is 2.16.